The van der Waals surface area contributed by atoms with E-state index in [0.717, 1.165) is 32.1 Å². The van der Waals surface area contributed by atoms with E-state index in [9.17, 15) is 28.8 Å². The van der Waals surface area contributed by atoms with E-state index in [1.807, 2.05) is 20.8 Å². The van der Waals surface area contributed by atoms with Gasteiger partial charge in [0.2, 0.25) is 23.5 Å². The lowest BCUT2D eigenvalue weighted by Crippen LogP contribution is -2.54. The van der Waals surface area contributed by atoms with E-state index < -0.39 is 35.6 Å². The first-order valence-electron chi connectivity index (χ1n) is 17.1. The van der Waals surface area contributed by atoms with Gasteiger partial charge >= 0.3 is 0 Å². The van der Waals surface area contributed by atoms with Crippen LogP contribution in [0.3, 0.4) is 0 Å². The lowest BCUT2D eigenvalue weighted by molar-refractivity contribution is -0.141. The smallest absolute Gasteiger partial charge is 0.289 e. The average molecular weight is 653 g/mol. The maximum atomic E-state index is 13.4. The van der Waals surface area contributed by atoms with Gasteiger partial charge in [-0.2, -0.15) is 0 Å². The lowest BCUT2D eigenvalue weighted by Gasteiger charge is -2.39. The first-order chi connectivity index (χ1) is 22.5. The molecule has 47 heavy (non-hydrogen) atoms. The van der Waals surface area contributed by atoms with E-state index in [-0.39, 0.29) is 67.2 Å². The van der Waals surface area contributed by atoms with Crippen LogP contribution in [-0.2, 0) is 24.0 Å². The molecule has 5 amide bonds. The third-order valence-corrected chi connectivity index (χ3v) is 9.22. The number of carbonyl (C=O) groups is 6. The molecular weight excluding hydrogens is 600 g/mol. The van der Waals surface area contributed by atoms with Crippen LogP contribution >= 0.6 is 0 Å². The summed E-state index contributed by atoms with van der Waals surface area (Å²) in [5.41, 5.74) is 0.237. The van der Waals surface area contributed by atoms with E-state index in [1.165, 1.54) is 12.3 Å². The van der Waals surface area contributed by atoms with Crippen LogP contribution in [0.1, 0.15) is 89.0 Å². The molecule has 1 saturated heterocycles. The zero-order valence-corrected chi connectivity index (χ0v) is 28.1. The zero-order chi connectivity index (χ0) is 34.3. The predicted molar refractivity (Wildman–Crippen MR) is 178 cm³/mol. The molecule has 12 nitrogen and oxygen atoms in total. The Morgan fingerprint density at radius 2 is 1.74 bits per heavy atom. The van der Waals surface area contributed by atoms with Crippen molar-refractivity contribution in [2.75, 3.05) is 26.2 Å². The maximum absolute atomic E-state index is 13.4. The Hall–Kier alpha value is -4.09. The molecule has 2 fully saturated rings. The SMILES string of the molecule is C=CCNC(=O)C(=O)C(CCC)NC(=O)C1CC(C(C)C)CN(C(=O)CCNC(=O)C(NC(=O)c2ccccn2)C2CCCCC2)C1. The summed E-state index contributed by atoms with van der Waals surface area (Å²) in [5.74, 6) is -3.04. The van der Waals surface area contributed by atoms with E-state index in [1.54, 1.807) is 23.1 Å². The Balaban J connectivity index is 1.61. The molecule has 1 aromatic rings. The molecule has 1 aromatic heterocycles. The van der Waals surface area contributed by atoms with Crippen molar-refractivity contribution in [2.45, 2.75) is 90.6 Å². The number of piperidine rings is 1. The molecule has 0 spiro atoms. The minimum Gasteiger partial charge on any atom is -0.354 e. The topological polar surface area (TPSA) is 167 Å². The number of hydrogen-bond acceptors (Lipinski definition) is 7. The second-order valence-corrected chi connectivity index (χ2v) is 13.1. The van der Waals surface area contributed by atoms with Crippen molar-refractivity contribution in [2.24, 2.45) is 23.7 Å². The molecule has 1 saturated carbocycles. The van der Waals surface area contributed by atoms with Gasteiger partial charge in [0.15, 0.2) is 0 Å². The molecule has 258 valence electrons. The largest absolute Gasteiger partial charge is 0.354 e. The van der Waals surface area contributed by atoms with Crippen molar-refractivity contribution in [1.82, 2.24) is 31.2 Å². The fourth-order valence-corrected chi connectivity index (χ4v) is 6.41. The number of amides is 5. The summed E-state index contributed by atoms with van der Waals surface area (Å²) in [5, 5.41) is 11.0. The molecule has 12 heteroatoms. The normalized spacial score (nSPS) is 19.6. The van der Waals surface area contributed by atoms with Crippen molar-refractivity contribution in [1.29, 1.82) is 0 Å². The van der Waals surface area contributed by atoms with Gasteiger partial charge in [0, 0.05) is 38.8 Å². The highest BCUT2D eigenvalue weighted by atomic mass is 16.2. The average Bonchev–Trinajstić information content (AvgIpc) is 3.09. The van der Waals surface area contributed by atoms with Crippen LogP contribution in [0.15, 0.2) is 37.1 Å². The van der Waals surface area contributed by atoms with E-state index in [0.29, 0.717) is 25.8 Å². The molecule has 2 aliphatic rings. The minimum absolute atomic E-state index is 0.00300. The molecule has 2 heterocycles. The molecule has 4 unspecified atom stereocenters. The predicted octanol–water partition coefficient (Wildman–Crippen LogP) is 2.54. The summed E-state index contributed by atoms with van der Waals surface area (Å²) in [6.45, 7) is 10.4. The van der Waals surface area contributed by atoms with Crippen molar-refractivity contribution < 1.29 is 28.8 Å². The van der Waals surface area contributed by atoms with E-state index in [4.69, 9.17) is 0 Å². The molecule has 1 aliphatic carbocycles. The van der Waals surface area contributed by atoms with Gasteiger partial charge in [0.1, 0.15) is 11.7 Å². The Labute approximate surface area is 278 Å². The highest BCUT2D eigenvalue weighted by molar-refractivity contribution is 6.38. The van der Waals surface area contributed by atoms with E-state index >= 15 is 0 Å². The monoisotopic (exact) mass is 652 g/mol. The van der Waals surface area contributed by atoms with Gasteiger partial charge in [-0.05, 0) is 55.6 Å². The number of nitrogens with zero attached hydrogens (tertiary/aromatic N) is 2. The van der Waals surface area contributed by atoms with Gasteiger partial charge in [-0.25, -0.2) is 0 Å². The number of Topliss-reactive ketones (excluding diaryl/α,β-unsaturated/α-hetero) is 1. The standard InChI is InChI=1S/C35H52N6O6/c1-5-12-27(31(43)35(47)37-17-6-2)39-32(44)26-20-25(23(3)4)21-41(22-26)29(42)16-19-38-34(46)30(24-13-8-7-9-14-24)40-33(45)28-15-10-11-18-36-28/h6,10-11,15,18,23-27,30H,2,5,7-9,12-14,16-17,19-22H2,1,3-4H3,(H,37,47)(H,38,46)(H,39,44)(H,40,45). The van der Waals surface area contributed by atoms with Crippen LogP contribution in [0.4, 0.5) is 0 Å². The third kappa shape index (κ3) is 11.3. The highest BCUT2D eigenvalue weighted by Gasteiger charge is 2.37. The number of ketones is 1. The summed E-state index contributed by atoms with van der Waals surface area (Å²) in [4.78, 5) is 84.0. The van der Waals surface area contributed by atoms with Crippen LogP contribution in [0, 0.1) is 23.7 Å². The first-order valence-corrected chi connectivity index (χ1v) is 17.1. The number of pyridine rings is 1. The number of hydrogen-bond donors (Lipinski definition) is 4. The number of carbonyl (C=O) groups excluding carboxylic acids is 6. The fourth-order valence-electron chi connectivity index (χ4n) is 6.41. The van der Waals surface area contributed by atoms with Crippen molar-refractivity contribution in [3.8, 4) is 0 Å². The molecule has 3 rings (SSSR count). The van der Waals surface area contributed by atoms with Crippen LogP contribution in [-0.4, -0.2) is 83.5 Å². The number of aromatic nitrogens is 1. The molecule has 4 atom stereocenters. The van der Waals surface area contributed by atoms with Gasteiger partial charge in [-0.15, -0.1) is 6.58 Å². The van der Waals surface area contributed by atoms with Crippen LogP contribution in [0.5, 0.6) is 0 Å². The quantitative estimate of drug-likeness (QED) is 0.157. The van der Waals surface area contributed by atoms with Gasteiger partial charge in [-0.1, -0.05) is 58.6 Å². The molecule has 1 aliphatic heterocycles. The minimum atomic E-state index is -0.952. The van der Waals surface area contributed by atoms with Crippen molar-refractivity contribution in [3.63, 3.8) is 0 Å². The van der Waals surface area contributed by atoms with Gasteiger partial charge in [0.25, 0.3) is 11.8 Å². The van der Waals surface area contributed by atoms with Crippen molar-refractivity contribution in [3.05, 3.63) is 42.7 Å². The Morgan fingerprint density at radius 1 is 1.00 bits per heavy atom. The fraction of sp³-hybridized carbons (Fsp3) is 0.629. The van der Waals surface area contributed by atoms with Gasteiger partial charge < -0.3 is 26.2 Å². The number of nitrogens with one attached hydrogen (secondary N) is 4. The third-order valence-electron chi connectivity index (χ3n) is 9.22. The molecular formula is C35H52N6O6. The number of rotatable bonds is 16. The van der Waals surface area contributed by atoms with Crippen LogP contribution in [0.2, 0.25) is 0 Å². The summed E-state index contributed by atoms with van der Waals surface area (Å²) in [6, 6.07) is 3.35. The summed E-state index contributed by atoms with van der Waals surface area (Å²) in [7, 11) is 0. The zero-order valence-electron chi connectivity index (χ0n) is 28.1. The van der Waals surface area contributed by atoms with E-state index in [2.05, 4.69) is 32.8 Å². The maximum Gasteiger partial charge on any atom is 0.289 e. The Bertz CT molecular complexity index is 1250. The van der Waals surface area contributed by atoms with Gasteiger partial charge in [0.05, 0.1) is 12.0 Å². The highest BCUT2D eigenvalue weighted by Crippen LogP contribution is 2.29. The molecule has 4 N–H and O–H groups in total. The second kappa shape index (κ2) is 18.9. The lowest BCUT2D eigenvalue weighted by atomic mass is 9.81. The Morgan fingerprint density at radius 3 is 2.38 bits per heavy atom. The van der Waals surface area contributed by atoms with Crippen LogP contribution < -0.4 is 21.3 Å². The van der Waals surface area contributed by atoms with Gasteiger partial charge in [-0.3, -0.25) is 33.8 Å². The molecule has 0 bridgehead atoms. The van der Waals surface area contributed by atoms with Crippen LogP contribution in [0.25, 0.3) is 0 Å². The summed E-state index contributed by atoms with van der Waals surface area (Å²) < 4.78 is 0. The Kier molecular flexibility index (Phi) is 15.0. The second-order valence-electron chi connectivity index (χ2n) is 13.1. The van der Waals surface area contributed by atoms with Crippen molar-refractivity contribution >= 4 is 35.3 Å². The first kappa shape index (κ1) is 37.4. The molecule has 0 radical (unpaired) electrons. The summed E-state index contributed by atoms with van der Waals surface area (Å²) in [6.07, 6.45) is 9.24. The molecule has 0 aromatic carbocycles. The number of likely N-dealkylation sites (tertiary alicyclic amines) is 1. The summed E-state index contributed by atoms with van der Waals surface area (Å²) >= 11 is 0.